The second-order valence-electron chi connectivity index (χ2n) is 5.43. The van der Waals surface area contributed by atoms with Gasteiger partial charge in [-0.25, -0.2) is 0 Å². The van der Waals surface area contributed by atoms with Crippen molar-refractivity contribution in [1.82, 2.24) is 4.90 Å². The Balaban J connectivity index is 2.22. The van der Waals surface area contributed by atoms with E-state index >= 15 is 0 Å². The van der Waals surface area contributed by atoms with Crippen LogP contribution in [-0.4, -0.2) is 37.6 Å². The third-order valence-corrected chi connectivity index (χ3v) is 3.70. The minimum absolute atomic E-state index is 0.149. The zero-order valence-corrected chi connectivity index (χ0v) is 13.7. The fourth-order valence-corrected chi connectivity index (χ4v) is 2.50. The highest BCUT2D eigenvalue weighted by Crippen LogP contribution is 2.29. The quantitative estimate of drug-likeness (QED) is 0.598. The Morgan fingerprint density at radius 2 is 2.09 bits per heavy atom. The van der Waals surface area contributed by atoms with Gasteiger partial charge in [-0.1, -0.05) is 13.0 Å². The molecule has 0 N–H and O–H groups in total. The monoisotopic (exact) mass is 314 g/mol. The maximum atomic E-state index is 12.3. The van der Waals surface area contributed by atoms with Gasteiger partial charge in [0, 0.05) is 13.1 Å². The third-order valence-electron chi connectivity index (χ3n) is 3.70. The molecule has 2 rings (SSSR count). The Morgan fingerprint density at radius 1 is 1.35 bits per heavy atom. The summed E-state index contributed by atoms with van der Waals surface area (Å²) in [6, 6.07) is 7.41. The van der Waals surface area contributed by atoms with Crippen molar-refractivity contribution in [3.05, 3.63) is 29.3 Å². The lowest BCUT2D eigenvalue weighted by molar-refractivity contribution is -0.125. The van der Waals surface area contributed by atoms with Crippen molar-refractivity contribution in [2.24, 2.45) is 0 Å². The number of nitrogens with zero attached hydrogens (tertiary/aromatic N) is 2. The van der Waals surface area contributed by atoms with Gasteiger partial charge in [-0.2, -0.15) is 5.26 Å². The second kappa shape index (κ2) is 8.23. The molecule has 1 amide bonds. The lowest BCUT2D eigenvalue weighted by atomic mass is 10.1. The first-order valence-corrected chi connectivity index (χ1v) is 7.91. The highest BCUT2D eigenvalue weighted by atomic mass is 16.5. The van der Waals surface area contributed by atoms with E-state index in [-0.39, 0.29) is 11.5 Å². The highest BCUT2D eigenvalue weighted by Gasteiger charge is 2.21. The summed E-state index contributed by atoms with van der Waals surface area (Å²) in [6.07, 6.45) is 4.52. The lowest BCUT2D eigenvalue weighted by Crippen LogP contribution is -2.28. The fourth-order valence-electron chi connectivity index (χ4n) is 2.50. The summed E-state index contributed by atoms with van der Waals surface area (Å²) in [5.74, 6) is 1.06. The number of ether oxygens (including phenoxy) is 2. The van der Waals surface area contributed by atoms with Crippen molar-refractivity contribution in [2.75, 3.05) is 26.8 Å². The molecule has 0 atom stereocenters. The maximum absolute atomic E-state index is 12.3. The number of carbonyl (C=O) groups excluding carboxylic acids is 1. The zero-order valence-electron chi connectivity index (χ0n) is 13.7. The van der Waals surface area contributed by atoms with Crippen molar-refractivity contribution < 1.29 is 14.3 Å². The molecular formula is C18H22N2O3. The van der Waals surface area contributed by atoms with Crippen LogP contribution in [0.25, 0.3) is 6.08 Å². The van der Waals surface area contributed by atoms with E-state index in [1.807, 2.05) is 19.1 Å². The molecule has 0 spiro atoms. The van der Waals surface area contributed by atoms with E-state index in [2.05, 4.69) is 0 Å². The average molecular weight is 314 g/mol. The molecule has 5 nitrogen and oxygen atoms in total. The molecule has 1 aliphatic rings. The number of hydrogen-bond acceptors (Lipinski definition) is 4. The molecule has 1 fully saturated rings. The molecule has 0 bridgehead atoms. The van der Waals surface area contributed by atoms with Crippen molar-refractivity contribution in [3.8, 4) is 17.6 Å². The summed E-state index contributed by atoms with van der Waals surface area (Å²) >= 11 is 0. The Morgan fingerprint density at radius 3 is 2.70 bits per heavy atom. The van der Waals surface area contributed by atoms with Crippen molar-refractivity contribution in [1.29, 1.82) is 5.26 Å². The molecule has 1 heterocycles. The van der Waals surface area contributed by atoms with Crippen LogP contribution in [0.2, 0.25) is 0 Å². The minimum atomic E-state index is -0.199. The van der Waals surface area contributed by atoms with E-state index < -0.39 is 0 Å². The van der Waals surface area contributed by atoms with Crippen LogP contribution < -0.4 is 9.47 Å². The van der Waals surface area contributed by atoms with E-state index in [0.29, 0.717) is 18.1 Å². The van der Waals surface area contributed by atoms with Crippen molar-refractivity contribution >= 4 is 12.0 Å². The number of carbonyl (C=O) groups is 1. The van der Waals surface area contributed by atoms with Crippen LogP contribution in [0.1, 0.15) is 31.7 Å². The summed E-state index contributed by atoms with van der Waals surface area (Å²) in [5.41, 5.74) is 0.894. The number of nitriles is 1. The number of rotatable bonds is 6. The summed E-state index contributed by atoms with van der Waals surface area (Å²) in [4.78, 5) is 14.1. The average Bonchev–Trinajstić information content (AvgIpc) is 3.12. The summed E-state index contributed by atoms with van der Waals surface area (Å²) in [6.45, 7) is 4.10. The van der Waals surface area contributed by atoms with E-state index in [1.54, 1.807) is 30.2 Å². The van der Waals surface area contributed by atoms with E-state index in [9.17, 15) is 10.1 Å². The fraction of sp³-hybridized carbons (Fsp3) is 0.444. The minimum Gasteiger partial charge on any atom is -0.493 e. The SMILES string of the molecule is CCCOc1ccc(/C=C(\C#N)C(=O)N2CCCC2)cc1OC. The molecule has 0 aliphatic carbocycles. The number of amides is 1. The third kappa shape index (κ3) is 4.26. The number of likely N-dealkylation sites (tertiary alicyclic amines) is 1. The first kappa shape index (κ1) is 16.9. The van der Waals surface area contributed by atoms with Gasteiger partial charge in [-0.15, -0.1) is 0 Å². The molecule has 122 valence electrons. The largest absolute Gasteiger partial charge is 0.493 e. The van der Waals surface area contributed by atoms with Crippen LogP contribution in [0, 0.1) is 11.3 Å². The van der Waals surface area contributed by atoms with Crippen molar-refractivity contribution in [2.45, 2.75) is 26.2 Å². The molecule has 1 saturated heterocycles. The Kier molecular flexibility index (Phi) is 6.04. The van der Waals surface area contributed by atoms with Crippen LogP contribution in [-0.2, 0) is 4.79 Å². The van der Waals surface area contributed by atoms with E-state index in [0.717, 1.165) is 37.9 Å². The molecule has 0 unspecified atom stereocenters. The number of benzene rings is 1. The zero-order chi connectivity index (χ0) is 16.7. The van der Waals surface area contributed by atoms with Gasteiger partial charge < -0.3 is 14.4 Å². The van der Waals surface area contributed by atoms with Crippen LogP contribution in [0.15, 0.2) is 23.8 Å². The van der Waals surface area contributed by atoms with Gasteiger partial charge in [0.15, 0.2) is 11.5 Å². The molecule has 0 saturated carbocycles. The predicted molar refractivity (Wildman–Crippen MR) is 88.2 cm³/mol. The smallest absolute Gasteiger partial charge is 0.264 e. The van der Waals surface area contributed by atoms with Crippen LogP contribution in [0.5, 0.6) is 11.5 Å². The molecule has 0 aromatic heterocycles. The van der Waals surface area contributed by atoms with Crippen LogP contribution in [0.4, 0.5) is 0 Å². The first-order valence-electron chi connectivity index (χ1n) is 7.91. The standard InChI is InChI=1S/C18H22N2O3/c1-3-10-23-16-7-6-14(12-17(16)22-2)11-15(13-19)18(21)20-8-4-5-9-20/h6-7,11-12H,3-5,8-10H2,1-2H3/b15-11+. The molecule has 0 radical (unpaired) electrons. The molecule has 1 aliphatic heterocycles. The van der Waals surface area contributed by atoms with Crippen molar-refractivity contribution in [3.63, 3.8) is 0 Å². The molecule has 1 aromatic rings. The Bertz CT molecular complexity index is 626. The Labute approximate surface area is 137 Å². The summed E-state index contributed by atoms with van der Waals surface area (Å²) in [5, 5.41) is 9.29. The second-order valence-corrected chi connectivity index (χ2v) is 5.43. The van der Waals surface area contributed by atoms with Gasteiger partial charge in [-0.05, 0) is 43.0 Å². The number of methoxy groups -OCH3 is 1. The van der Waals surface area contributed by atoms with Gasteiger partial charge in [0.25, 0.3) is 5.91 Å². The summed E-state index contributed by atoms with van der Waals surface area (Å²) in [7, 11) is 1.57. The first-order chi connectivity index (χ1) is 11.2. The topological polar surface area (TPSA) is 62.6 Å². The molecule has 1 aromatic carbocycles. The van der Waals surface area contributed by atoms with Gasteiger partial charge in [0.1, 0.15) is 11.6 Å². The van der Waals surface area contributed by atoms with Crippen LogP contribution >= 0.6 is 0 Å². The van der Waals surface area contributed by atoms with E-state index in [4.69, 9.17) is 9.47 Å². The van der Waals surface area contributed by atoms with E-state index in [1.165, 1.54) is 0 Å². The maximum Gasteiger partial charge on any atom is 0.264 e. The highest BCUT2D eigenvalue weighted by molar-refractivity contribution is 6.01. The normalized spacial score (nSPS) is 14.5. The van der Waals surface area contributed by atoms with Gasteiger partial charge in [0.05, 0.1) is 13.7 Å². The summed E-state index contributed by atoms with van der Waals surface area (Å²) < 4.78 is 10.9. The Hall–Kier alpha value is -2.48. The number of hydrogen-bond donors (Lipinski definition) is 0. The lowest BCUT2D eigenvalue weighted by Gasteiger charge is -2.14. The predicted octanol–water partition coefficient (Wildman–Crippen LogP) is 3.01. The van der Waals surface area contributed by atoms with Gasteiger partial charge in [-0.3, -0.25) is 4.79 Å². The molecule has 5 heteroatoms. The van der Waals surface area contributed by atoms with Gasteiger partial charge in [0.2, 0.25) is 0 Å². The molecular weight excluding hydrogens is 292 g/mol. The molecule has 23 heavy (non-hydrogen) atoms. The van der Waals surface area contributed by atoms with Crippen LogP contribution in [0.3, 0.4) is 0 Å². The van der Waals surface area contributed by atoms with Gasteiger partial charge >= 0.3 is 0 Å².